The van der Waals surface area contributed by atoms with Crippen LogP contribution >= 0.6 is 11.3 Å². The maximum Gasteiger partial charge on any atom is 0.338 e. The Balaban J connectivity index is 1.53. The van der Waals surface area contributed by atoms with Crippen LogP contribution in [0.2, 0.25) is 0 Å². The number of aryl methyl sites for hydroxylation is 1. The van der Waals surface area contributed by atoms with Gasteiger partial charge in [0.2, 0.25) is 5.91 Å². The van der Waals surface area contributed by atoms with Crippen molar-refractivity contribution in [3.05, 3.63) is 81.7 Å². The number of carbonyl (C=O) groups excluding carboxylic acids is 2. The summed E-state index contributed by atoms with van der Waals surface area (Å²) >= 11 is 1.46. The van der Waals surface area contributed by atoms with Crippen molar-refractivity contribution in [2.24, 2.45) is 0 Å². The topological polar surface area (TPSA) is 90.3 Å². The van der Waals surface area contributed by atoms with Crippen LogP contribution in [-0.2, 0) is 16.1 Å². The van der Waals surface area contributed by atoms with Gasteiger partial charge < -0.3 is 10.1 Å². The number of aromatic nitrogens is 2. The van der Waals surface area contributed by atoms with E-state index >= 15 is 0 Å². The van der Waals surface area contributed by atoms with E-state index in [0.29, 0.717) is 28.1 Å². The molecule has 33 heavy (non-hydrogen) atoms. The number of ether oxygens (including phenoxy) is 1. The van der Waals surface area contributed by atoms with Gasteiger partial charge in [-0.05, 0) is 43.2 Å². The predicted molar refractivity (Wildman–Crippen MR) is 130 cm³/mol. The van der Waals surface area contributed by atoms with Gasteiger partial charge in [-0.25, -0.2) is 9.78 Å². The van der Waals surface area contributed by atoms with Crippen molar-refractivity contribution in [1.82, 2.24) is 9.55 Å². The minimum absolute atomic E-state index is 0.175. The van der Waals surface area contributed by atoms with Gasteiger partial charge in [-0.1, -0.05) is 37.3 Å². The highest BCUT2D eigenvalue weighted by Gasteiger charge is 2.18. The minimum Gasteiger partial charge on any atom is -0.462 e. The van der Waals surface area contributed by atoms with Gasteiger partial charge in [0.05, 0.1) is 23.9 Å². The van der Waals surface area contributed by atoms with Gasteiger partial charge in [-0.15, -0.1) is 11.3 Å². The molecule has 168 valence electrons. The Morgan fingerprint density at radius 1 is 1.09 bits per heavy atom. The molecule has 0 aliphatic heterocycles. The average molecular weight is 462 g/mol. The third-order valence-electron chi connectivity index (χ3n) is 5.07. The molecule has 0 saturated carbocycles. The highest BCUT2D eigenvalue weighted by molar-refractivity contribution is 7.19. The quantitative estimate of drug-likeness (QED) is 0.405. The number of thiophene rings is 1. The summed E-state index contributed by atoms with van der Waals surface area (Å²) in [6.45, 7) is 4.07. The van der Waals surface area contributed by atoms with Crippen molar-refractivity contribution in [3.8, 4) is 11.1 Å². The predicted octanol–water partition coefficient (Wildman–Crippen LogP) is 4.64. The van der Waals surface area contributed by atoms with Crippen molar-refractivity contribution >= 4 is 39.1 Å². The number of hydrogen-bond acceptors (Lipinski definition) is 6. The fourth-order valence-electron chi connectivity index (χ4n) is 3.53. The standard InChI is InChI=1S/C25H23N3O4S/c1-3-13-32-25(31)18-9-11-19(12-10-18)27-20(29)14-28-15-26-23-22(24(28)30)21(16(2)33-23)17-7-5-4-6-8-17/h4-12,15H,3,13-14H2,1-2H3,(H,27,29). The van der Waals surface area contributed by atoms with Crippen LogP contribution in [0, 0.1) is 6.92 Å². The number of fused-ring (bicyclic) bond motifs is 1. The lowest BCUT2D eigenvalue weighted by atomic mass is 10.0. The van der Waals surface area contributed by atoms with Crippen LogP contribution in [0.5, 0.6) is 0 Å². The number of nitrogens with zero attached hydrogens (tertiary/aromatic N) is 2. The first-order valence-electron chi connectivity index (χ1n) is 10.6. The van der Waals surface area contributed by atoms with Crippen LogP contribution in [0.25, 0.3) is 21.3 Å². The van der Waals surface area contributed by atoms with E-state index in [-0.39, 0.29) is 18.0 Å². The second-order valence-corrected chi connectivity index (χ2v) is 8.72. The number of carbonyl (C=O) groups is 2. The molecule has 0 atom stereocenters. The summed E-state index contributed by atoms with van der Waals surface area (Å²) in [5, 5.41) is 3.27. The number of benzene rings is 2. The molecule has 0 fully saturated rings. The van der Waals surface area contributed by atoms with Crippen molar-refractivity contribution in [2.45, 2.75) is 26.8 Å². The molecule has 4 aromatic rings. The Kier molecular flexibility index (Phi) is 6.65. The molecular weight excluding hydrogens is 438 g/mol. The molecule has 2 heterocycles. The lowest BCUT2D eigenvalue weighted by Crippen LogP contribution is -2.27. The second-order valence-electron chi connectivity index (χ2n) is 7.52. The Labute approximate surface area is 194 Å². The number of hydrogen-bond donors (Lipinski definition) is 1. The van der Waals surface area contributed by atoms with E-state index in [1.807, 2.05) is 44.2 Å². The van der Waals surface area contributed by atoms with Crippen LogP contribution in [0.3, 0.4) is 0 Å². The molecule has 2 aromatic heterocycles. The largest absolute Gasteiger partial charge is 0.462 e. The Bertz CT molecular complexity index is 1360. The SMILES string of the molecule is CCCOC(=O)c1ccc(NC(=O)Cn2cnc3sc(C)c(-c4ccccc4)c3c2=O)cc1. The summed E-state index contributed by atoms with van der Waals surface area (Å²) in [4.78, 5) is 43.8. The zero-order chi connectivity index (χ0) is 23.4. The molecule has 4 rings (SSSR count). The van der Waals surface area contributed by atoms with Crippen molar-refractivity contribution < 1.29 is 14.3 Å². The fraction of sp³-hybridized carbons (Fsp3) is 0.200. The summed E-state index contributed by atoms with van der Waals surface area (Å²) in [6.07, 6.45) is 2.15. The molecule has 0 aliphatic carbocycles. The monoisotopic (exact) mass is 461 g/mol. The summed E-state index contributed by atoms with van der Waals surface area (Å²) < 4.78 is 6.41. The Morgan fingerprint density at radius 2 is 1.82 bits per heavy atom. The first-order chi connectivity index (χ1) is 16.0. The van der Waals surface area contributed by atoms with Crippen LogP contribution in [0.1, 0.15) is 28.6 Å². The molecule has 8 heteroatoms. The van der Waals surface area contributed by atoms with E-state index in [0.717, 1.165) is 22.4 Å². The highest BCUT2D eigenvalue weighted by Crippen LogP contribution is 2.35. The Hall–Kier alpha value is -3.78. The van der Waals surface area contributed by atoms with E-state index in [4.69, 9.17) is 4.74 Å². The molecule has 2 aromatic carbocycles. The molecule has 0 bridgehead atoms. The van der Waals surface area contributed by atoms with E-state index in [9.17, 15) is 14.4 Å². The molecular formula is C25H23N3O4S. The Morgan fingerprint density at radius 3 is 2.52 bits per heavy atom. The zero-order valence-electron chi connectivity index (χ0n) is 18.3. The van der Waals surface area contributed by atoms with Crippen molar-refractivity contribution in [1.29, 1.82) is 0 Å². The first-order valence-corrected chi connectivity index (χ1v) is 11.4. The summed E-state index contributed by atoms with van der Waals surface area (Å²) in [5.41, 5.74) is 2.47. The number of rotatable bonds is 7. The summed E-state index contributed by atoms with van der Waals surface area (Å²) in [6, 6.07) is 16.1. The van der Waals surface area contributed by atoms with Crippen LogP contribution in [0.15, 0.2) is 65.7 Å². The third-order valence-corrected chi connectivity index (χ3v) is 6.09. The van der Waals surface area contributed by atoms with E-state index < -0.39 is 5.97 Å². The molecule has 0 spiro atoms. The zero-order valence-corrected chi connectivity index (χ0v) is 19.1. The molecule has 7 nitrogen and oxygen atoms in total. The van der Waals surface area contributed by atoms with Crippen molar-refractivity contribution in [2.75, 3.05) is 11.9 Å². The number of amides is 1. The second kappa shape index (κ2) is 9.79. The fourth-order valence-corrected chi connectivity index (χ4v) is 4.53. The maximum absolute atomic E-state index is 13.2. The van der Waals surface area contributed by atoms with Crippen molar-refractivity contribution in [3.63, 3.8) is 0 Å². The molecule has 1 N–H and O–H groups in total. The van der Waals surface area contributed by atoms with Crippen LogP contribution in [-0.4, -0.2) is 28.0 Å². The van der Waals surface area contributed by atoms with Gasteiger partial charge in [0, 0.05) is 16.1 Å². The van der Waals surface area contributed by atoms with Gasteiger partial charge in [0.25, 0.3) is 5.56 Å². The average Bonchev–Trinajstić information content (AvgIpc) is 3.17. The van der Waals surface area contributed by atoms with E-state index in [2.05, 4.69) is 10.3 Å². The van der Waals surface area contributed by atoms with Gasteiger partial charge >= 0.3 is 5.97 Å². The minimum atomic E-state index is -0.402. The smallest absolute Gasteiger partial charge is 0.338 e. The van der Waals surface area contributed by atoms with Crippen LogP contribution in [0.4, 0.5) is 5.69 Å². The molecule has 0 unspecified atom stereocenters. The van der Waals surface area contributed by atoms with E-state index in [1.165, 1.54) is 22.2 Å². The molecule has 0 aliphatic rings. The van der Waals surface area contributed by atoms with E-state index in [1.54, 1.807) is 24.3 Å². The summed E-state index contributed by atoms with van der Waals surface area (Å²) in [7, 11) is 0. The highest BCUT2D eigenvalue weighted by atomic mass is 32.1. The molecule has 1 amide bonds. The lowest BCUT2D eigenvalue weighted by molar-refractivity contribution is -0.116. The molecule has 0 saturated heterocycles. The van der Waals surface area contributed by atoms with Gasteiger partial charge in [-0.2, -0.15) is 0 Å². The summed E-state index contributed by atoms with van der Waals surface area (Å²) in [5.74, 6) is -0.770. The normalized spacial score (nSPS) is 10.8. The van der Waals surface area contributed by atoms with Crippen LogP contribution < -0.4 is 10.9 Å². The van der Waals surface area contributed by atoms with Gasteiger partial charge in [0.1, 0.15) is 11.4 Å². The third kappa shape index (κ3) is 4.85. The first kappa shape index (κ1) is 22.4. The maximum atomic E-state index is 13.2. The van der Waals surface area contributed by atoms with Gasteiger partial charge in [-0.3, -0.25) is 14.2 Å². The molecule has 0 radical (unpaired) electrons. The lowest BCUT2D eigenvalue weighted by Gasteiger charge is -2.09. The number of anilines is 1. The number of esters is 1. The number of nitrogens with one attached hydrogen (secondary N) is 1. The van der Waals surface area contributed by atoms with Gasteiger partial charge in [0.15, 0.2) is 0 Å².